The zero-order valence-corrected chi connectivity index (χ0v) is 16.6. The number of aliphatic hydroxyl groups excluding tert-OH is 1. The van der Waals surface area contributed by atoms with E-state index in [2.05, 4.69) is 0 Å². The van der Waals surface area contributed by atoms with Crippen molar-refractivity contribution in [2.75, 3.05) is 34.3 Å². The second kappa shape index (κ2) is 8.45. The summed E-state index contributed by atoms with van der Waals surface area (Å²) in [6.07, 6.45) is 0. The largest absolute Gasteiger partial charge is 0.507 e. The summed E-state index contributed by atoms with van der Waals surface area (Å²) in [4.78, 5) is 29.0. The van der Waals surface area contributed by atoms with Gasteiger partial charge >= 0.3 is 0 Å². The maximum Gasteiger partial charge on any atom is 0.295 e. The summed E-state index contributed by atoms with van der Waals surface area (Å²) in [6, 6.07) is 11.4. The van der Waals surface area contributed by atoms with Gasteiger partial charge in [-0.05, 0) is 56.1 Å². The lowest BCUT2D eigenvalue weighted by molar-refractivity contribution is -0.140. The van der Waals surface area contributed by atoms with Crippen LogP contribution >= 0.6 is 0 Å². The van der Waals surface area contributed by atoms with Gasteiger partial charge in [-0.25, -0.2) is 4.39 Å². The van der Waals surface area contributed by atoms with Crippen LogP contribution in [0.5, 0.6) is 5.75 Å². The molecular formula is C22H23FN2O4. The number of carbonyl (C=O) groups is 2. The van der Waals surface area contributed by atoms with Crippen molar-refractivity contribution in [1.82, 2.24) is 9.80 Å². The van der Waals surface area contributed by atoms with E-state index in [0.29, 0.717) is 24.4 Å². The van der Waals surface area contributed by atoms with E-state index in [9.17, 15) is 19.1 Å². The standard InChI is InChI=1S/C22H23FN2O4/c1-24(2)11-12-25-19(15-5-4-6-17(13-15)29-3)18(21(27)22(25)28)20(26)14-7-9-16(23)10-8-14/h4-10,13,19,26H,11-12H2,1-3H3. The molecule has 2 aromatic carbocycles. The first-order chi connectivity index (χ1) is 13.8. The number of benzene rings is 2. The molecule has 3 rings (SSSR count). The number of carbonyl (C=O) groups excluding carboxylic acids is 2. The number of likely N-dealkylation sites (N-methyl/N-ethyl adjacent to an activating group) is 1. The van der Waals surface area contributed by atoms with Crippen molar-refractivity contribution in [2.45, 2.75) is 6.04 Å². The molecule has 1 fully saturated rings. The third kappa shape index (κ3) is 4.14. The van der Waals surface area contributed by atoms with Gasteiger partial charge < -0.3 is 19.6 Å². The van der Waals surface area contributed by atoms with E-state index in [1.807, 2.05) is 19.0 Å². The SMILES string of the molecule is COc1cccc(C2C(=C(O)c3ccc(F)cc3)C(=O)C(=O)N2CCN(C)C)c1. The molecule has 1 heterocycles. The van der Waals surface area contributed by atoms with E-state index in [1.54, 1.807) is 24.3 Å². The molecule has 29 heavy (non-hydrogen) atoms. The van der Waals surface area contributed by atoms with Crippen molar-refractivity contribution >= 4 is 17.4 Å². The van der Waals surface area contributed by atoms with E-state index < -0.39 is 23.5 Å². The minimum absolute atomic E-state index is 0.0198. The highest BCUT2D eigenvalue weighted by Crippen LogP contribution is 2.40. The number of likely N-dealkylation sites (tertiary alicyclic amines) is 1. The van der Waals surface area contributed by atoms with Crippen LogP contribution in [0, 0.1) is 5.82 Å². The Balaban J connectivity index is 2.15. The molecule has 1 aliphatic heterocycles. The van der Waals surface area contributed by atoms with Crippen LogP contribution < -0.4 is 4.74 Å². The Kier molecular flexibility index (Phi) is 5.98. The van der Waals surface area contributed by atoms with Gasteiger partial charge in [0.15, 0.2) is 0 Å². The summed E-state index contributed by atoms with van der Waals surface area (Å²) in [5.41, 5.74) is 0.893. The van der Waals surface area contributed by atoms with Crippen molar-refractivity contribution in [3.63, 3.8) is 0 Å². The number of amides is 1. The average molecular weight is 398 g/mol. The predicted molar refractivity (Wildman–Crippen MR) is 107 cm³/mol. The monoisotopic (exact) mass is 398 g/mol. The number of methoxy groups -OCH3 is 1. The zero-order valence-electron chi connectivity index (χ0n) is 16.6. The molecule has 152 valence electrons. The Morgan fingerprint density at radius 1 is 1.17 bits per heavy atom. The van der Waals surface area contributed by atoms with E-state index >= 15 is 0 Å². The van der Waals surface area contributed by atoms with Crippen LogP contribution in [0.1, 0.15) is 17.2 Å². The number of aliphatic hydroxyl groups is 1. The fourth-order valence-electron chi connectivity index (χ4n) is 3.34. The molecule has 0 saturated carbocycles. The van der Waals surface area contributed by atoms with Crippen LogP contribution in [0.4, 0.5) is 4.39 Å². The zero-order chi connectivity index (χ0) is 21.1. The normalized spacial score (nSPS) is 18.5. The third-order valence-corrected chi connectivity index (χ3v) is 4.86. The van der Waals surface area contributed by atoms with Gasteiger partial charge in [-0.2, -0.15) is 0 Å². The van der Waals surface area contributed by atoms with Crippen molar-refractivity contribution in [2.24, 2.45) is 0 Å². The van der Waals surface area contributed by atoms with Gasteiger partial charge in [-0.3, -0.25) is 9.59 Å². The predicted octanol–water partition coefficient (Wildman–Crippen LogP) is 2.82. The van der Waals surface area contributed by atoms with Crippen molar-refractivity contribution in [3.05, 3.63) is 71.0 Å². The fourth-order valence-corrected chi connectivity index (χ4v) is 3.34. The van der Waals surface area contributed by atoms with Crippen LogP contribution in [0.25, 0.3) is 5.76 Å². The van der Waals surface area contributed by atoms with E-state index in [1.165, 1.54) is 36.3 Å². The second-order valence-corrected chi connectivity index (χ2v) is 7.08. The lowest BCUT2D eigenvalue weighted by Gasteiger charge is -2.26. The topological polar surface area (TPSA) is 70.1 Å². The van der Waals surface area contributed by atoms with Gasteiger partial charge in [-0.1, -0.05) is 12.1 Å². The van der Waals surface area contributed by atoms with Gasteiger partial charge in [-0.15, -0.1) is 0 Å². The van der Waals surface area contributed by atoms with Crippen molar-refractivity contribution in [3.8, 4) is 5.75 Å². The van der Waals surface area contributed by atoms with Crippen LogP contribution in [0.15, 0.2) is 54.1 Å². The first-order valence-corrected chi connectivity index (χ1v) is 9.16. The van der Waals surface area contributed by atoms with Crippen molar-refractivity contribution in [1.29, 1.82) is 0 Å². The molecule has 1 N–H and O–H groups in total. The molecule has 1 unspecified atom stereocenters. The molecule has 1 saturated heterocycles. The molecule has 0 aliphatic carbocycles. The average Bonchev–Trinajstić information content (AvgIpc) is 2.97. The second-order valence-electron chi connectivity index (χ2n) is 7.08. The molecule has 1 atom stereocenters. The quantitative estimate of drug-likeness (QED) is 0.460. The Bertz CT molecular complexity index is 954. The number of hydrogen-bond acceptors (Lipinski definition) is 5. The Morgan fingerprint density at radius 3 is 2.48 bits per heavy atom. The van der Waals surface area contributed by atoms with Gasteiger partial charge in [0.25, 0.3) is 11.7 Å². The summed E-state index contributed by atoms with van der Waals surface area (Å²) >= 11 is 0. The first-order valence-electron chi connectivity index (χ1n) is 9.16. The van der Waals surface area contributed by atoms with E-state index in [4.69, 9.17) is 4.74 Å². The lowest BCUT2D eigenvalue weighted by Crippen LogP contribution is -2.35. The molecule has 0 bridgehead atoms. The van der Waals surface area contributed by atoms with Gasteiger partial charge in [0.2, 0.25) is 0 Å². The molecule has 2 aromatic rings. The van der Waals surface area contributed by atoms with E-state index in [-0.39, 0.29) is 16.9 Å². The molecule has 0 aromatic heterocycles. The lowest BCUT2D eigenvalue weighted by atomic mass is 9.95. The number of ether oxygens (including phenoxy) is 1. The highest BCUT2D eigenvalue weighted by Gasteiger charge is 2.46. The number of halogens is 1. The Morgan fingerprint density at radius 2 is 1.86 bits per heavy atom. The van der Waals surface area contributed by atoms with Gasteiger partial charge in [0.05, 0.1) is 18.7 Å². The van der Waals surface area contributed by atoms with Crippen LogP contribution in [0.3, 0.4) is 0 Å². The smallest absolute Gasteiger partial charge is 0.295 e. The minimum Gasteiger partial charge on any atom is -0.507 e. The summed E-state index contributed by atoms with van der Waals surface area (Å²) in [7, 11) is 5.27. The highest BCUT2D eigenvalue weighted by molar-refractivity contribution is 6.46. The number of ketones is 1. The molecule has 0 spiro atoms. The maximum atomic E-state index is 13.3. The molecule has 6 nitrogen and oxygen atoms in total. The minimum atomic E-state index is -0.768. The number of Topliss-reactive ketones (excluding diaryl/α,β-unsaturated/α-hetero) is 1. The fraction of sp³-hybridized carbons (Fsp3) is 0.273. The Labute approximate surface area is 168 Å². The maximum absolute atomic E-state index is 13.3. The number of nitrogens with zero attached hydrogens (tertiary/aromatic N) is 2. The van der Waals surface area contributed by atoms with Crippen LogP contribution in [0.2, 0.25) is 0 Å². The summed E-state index contributed by atoms with van der Waals surface area (Å²) in [5.74, 6) is -1.66. The molecule has 0 radical (unpaired) electrons. The van der Waals surface area contributed by atoms with Gasteiger partial charge in [0, 0.05) is 18.7 Å². The van der Waals surface area contributed by atoms with Crippen LogP contribution in [-0.2, 0) is 9.59 Å². The molecule has 7 heteroatoms. The first kappa shape index (κ1) is 20.5. The molecule has 1 amide bonds. The van der Waals surface area contributed by atoms with Crippen molar-refractivity contribution < 1.29 is 23.8 Å². The molecular weight excluding hydrogens is 375 g/mol. The highest BCUT2D eigenvalue weighted by atomic mass is 19.1. The summed E-state index contributed by atoms with van der Waals surface area (Å²) in [5, 5.41) is 10.9. The summed E-state index contributed by atoms with van der Waals surface area (Å²) in [6.45, 7) is 0.851. The van der Waals surface area contributed by atoms with E-state index in [0.717, 1.165) is 0 Å². The number of rotatable bonds is 6. The Hall–Kier alpha value is -3.19. The van der Waals surface area contributed by atoms with Crippen LogP contribution in [-0.4, -0.2) is 60.9 Å². The molecule has 1 aliphatic rings. The summed E-state index contributed by atoms with van der Waals surface area (Å²) < 4.78 is 18.6. The third-order valence-electron chi connectivity index (χ3n) is 4.86. The number of hydrogen-bond donors (Lipinski definition) is 1. The van der Waals surface area contributed by atoms with Gasteiger partial charge in [0.1, 0.15) is 17.3 Å².